The normalized spacial score (nSPS) is 13.8. The molecule has 0 aromatic carbocycles. The molecule has 16 heavy (non-hydrogen) atoms. The lowest BCUT2D eigenvalue weighted by Crippen LogP contribution is -2.14. The molecule has 1 aromatic rings. The highest BCUT2D eigenvalue weighted by molar-refractivity contribution is 9.09. The molecule has 90 valence electrons. The van der Waals surface area contributed by atoms with Crippen molar-refractivity contribution in [3.05, 3.63) is 29.6 Å². The number of hydrogen-bond acceptors (Lipinski definition) is 1. The Kier molecular flexibility index (Phi) is 4.77. The van der Waals surface area contributed by atoms with Crippen molar-refractivity contribution in [2.75, 3.05) is 0 Å². The molecular weight excluding hydrogens is 283 g/mol. The zero-order chi connectivity index (χ0) is 12.2. The minimum absolute atomic E-state index is 0.0495. The highest BCUT2D eigenvalue weighted by Gasteiger charge is 2.33. The van der Waals surface area contributed by atoms with Crippen molar-refractivity contribution in [1.29, 1.82) is 0 Å². The van der Waals surface area contributed by atoms with E-state index in [1.165, 1.54) is 12.3 Å². The van der Waals surface area contributed by atoms with Crippen molar-refractivity contribution < 1.29 is 13.2 Å². The van der Waals surface area contributed by atoms with Crippen LogP contribution in [0.1, 0.15) is 31.0 Å². The number of rotatable bonds is 4. The van der Waals surface area contributed by atoms with Crippen LogP contribution in [0, 0.1) is 0 Å². The number of aromatic nitrogens is 1. The highest BCUT2D eigenvalue weighted by atomic mass is 79.9. The average Bonchev–Trinajstić information content (AvgIpc) is 2.17. The van der Waals surface area contributed by atoms with E-state index in [4.69, 9.17) is 0 Å². The number of pyridine rings is 1. The fourth-order valence-corrected chi connectivity index (χ4v) is 2.25. The minimum atomic E-state index is -4.32. The Bertz CT molecular complexity index is 338. The summed E-state index contributed by atoms with van der Waals surface area (Å²) in [5.74, 6) is 0. The van der Waals surface area contributed by atoms with Crippen molar-refractivity contribution in [1.82, 2.24) is 4.98 Å². The molecule has 0 radical (unpaired) electrons. The maximum absolute atomic E-state index is 12.6. The molecule has 0 aliphatic carbocycles. The lowest BCUT2D eigenvalue weighted by atomic mass is 10.1. The summed E-state index contributed by atoms with van der Waals surface area (Å²) in [6, 6.07) is 2.39. The first kappa shape index (κ1) is 13.5. The van der Waals surface area contributed by atoms with Crippen LogP contribution in [-0.2, 0) is 12.6 Å². The molecule has 0 spiro atoms. The van der Waals surface area contributed by atoms with Crippen LogP contribution in [0.15, 0.2) is 18.3 Å². The Morgan fingerprint density at radius 2 is 2.12 bits per heavy atom. The highest BCUT2D eigenvalue weighted by Crippen LogP contribution is 2.32. The maximum atomic E-state index is 12.6. The number of halogens is 4. The molecule has 0 amide bonds. The summed E-state index contributed by atoms with van der Waals surface area (Å²) in [6.45, 7) is 2.00. The Labute approximate surface area is 101 Å². The number of alkyl halides is 4. The lowest BCUT2D eigenvalue weighted by Gasteiger charge is -2.13. The lowest BCUT2D eigenvalue weighted by molar-refractivity contribution is -0.138. The van der Waals surface area contributed by atoms with Gasteiger partial charge in [-0.15, -0.1) is 0 Å². The fourth-order valence-electron chi connectivity index (χ4n) is 1.48. The summed E-state index contributed by atoms with van der Waals surface area (Å²) in [5, 5.41) is 0. The second kappa shape index (κ2) is 5.66. The summed E-state index contributed by atoms with van der Waals surface area (Å²) < 4.78 is 37.9. The van der Waals surface area contributed by atoms with Gasteiger partial charge in [-0.05, 0) is 18.6 Å². The summed E-state index contributed by atoms with van der Waals surface area (Å²) in [5.41, 5.74) is -0.513. The van der Waals surface area contributed by atoms with Crippen molar-refractivity contribution in [2.45, 2.75) is 37.2 Å². The molecule has 0 aliphatic rings. The minimum Gasteiger partial charge on any atom is -0.261 e. The Morgan fingerprint density at radius 1 is 1.44 bits per heavy atom. The maximum Gasteiger partial charge on any atom is 0.418 e. The van der Waals surface area contributed by atoms with Crippen LogP contribution in [0.3, 0.4) is 0 Å². The summed E-state index contributed by atoms with van der Waals surface area (Å²) in [4.78, 5) is 3.87. The molecule has 1 aromatic heterocycles. The summed E-state index contributed by atoms with van der Waals surface area (Å²) >= 11 is 3.37. The summed E-state index contributed by atoms with van der Waals surface area (Å²) in [7, 11) is 0. The zero-order valence-electron chi connectivity index (χ0n) is 8.89. The largest absolute Gasteiger partial charge is 0.418 e. The van der Waals surface area contributed by atoms with Crippen molar-refractivity contribution in [2.24, 2.45) is 0 Å². The SMILES string of the molecule is CCCC(Br)Cc1ncccc1C(F)(F)F. The van der Waals surface area contributed by atoms with Crippen molar-refractivity contribution >= 4 is 15.9 Å². The van der Waals surface area contributed by atoms with Crippen LogP contribution < -0.4 is 0 Å². The van der Waals surface area contributed by atoms with Gasteiger partial charge in [0.15, 0.2) is 0 Å². The van der Waals surface area contributed by atoms with E-state index in [2.05, 4.69) is 20.9 Å². The molecule has 0 N–H and O–H groups in total. The van der Waals surface area contributed by atoms with Gasteiger partial charge in [0.05, 0.1) is 11.3 Å². The van der Waals surface area contributed by atoms with E-state index in [1.54, 1.807) is 0 Å². The topological polar surface area (TPSA) is 12.9 Å². The van der Waals surface area contributed by atoms with Crippen molar-refractivity contribution in [3.63, 3.8) is 0 Å². The van der Waals surface area contributed by atoms with Gasteiger partial charge in [0.2, 0.25) is 0 Å². The van der Waals surface area contributed by atoms with Crippen LogP contribution in [0.5, 0.6) is 0 Å². The molecule has 1 heterocycles. The van der Waals surface area contributed by atoms with E-state index in [1.807, 2.05) is 6.92 Å². The van der Waals surface area contributed by atoms with Crippen LogP contribution in [-0.4, -0.2) is 9.81 Å². The van der Waals surface area contributed by atoms with Crippen LogP contribution in [0.4, 0.5) is 13.2 Å². The zero-order valence-corrected chi connectivity index (χ0v) is 10.5. The molecule has 1 rings (SSSR count). The first-order valence-corrected chi connectivity index (χ1v) is 6.02. The molecule has 0 saturated carbocycles. The first-order valence-electron chi connectivity index (χ1n) is 5.10. The molecule has 0 aliphatic heterocycles. The van der Waals surface area contributed by atoms with Gasteiger partial charge in [0.25, 0.3) is 0 Å². The Morgan fingerprint density at radius 3 is 2.69 bits per heavy atom. The molecule has 1 nitrogen and oxygen atoms in total. The predicted molar refractivity (Wildman–Crippen MR) is 60.6 cm³/mol. The second-order valence-electron chi connectivity index (χ2n) is 3.59. The number of nitrogens with zero attached hydrogens (tertiary/aromatic N) is 1. The summed E-state index contributed by atoms with van der Waals surface area (Å²) in [6.07, 6.45) is -0.833. The average molecular weight is 296 g/mol. The third-order valence-electron chi connectivity index (χ3n) is 2.21. The van der Waals surface area contributed by atoms with Gasteiger partial charge < -0.3 is 0 Å². The van der Waals surface area contributed by atoms with E-state index in [0.29, 0.717) is 6.42 Å². The van der Waals surface area contributed by atoms with Crippen molar-refractivity contribution in [3.8, 4) is 0 Å². The van der Waals surface area contributed by atoms with Gasteiger partial charge in [0, 0.05) is 17.4 Å². The second-order valence-corrected chi connectivity index (χ2v) is 4.88. The third kappa shape index (κ3) is 3.77. The smallest absolute Gasteiger partial charge is 0.261 e. The predicted octanol–water partition coefficient (Wildman–Crippen LogP) is 4.21. The van der Waals surface area contributed by atoms with E-state index >= 15 is 0 Å². The molecule has 0 saturated heterocycles. The first-order chi connectivity index (χ1) is 7.45. The van der Waals surface area contributed by atoms with Gasteiger partial charge in [-0.2, -0.15) is 13.2 Å². The third-order valence-corrected chi connectivity index (χ3v) is 2.99. The molecule has 5 heteroatoms. The van der Waals surface area contributed by atoms with E-state index < -0.39 is 11.7 Å². The van der Waals surface area contributed by atoms with Crippen LogP contribution >= 0.6 is 15.9 Å². The monoisotopic (exact) mass is 295 g/mol. The molecular formula is C11H13BrF3N. The van der Waals surface area contributed by atoms with Gasteiger partial charge in [-0.1, -0.05) is 29.3 Å². The van der Waals surface area contributed by atoms with Crippen LogP contribution in [0.25, 0.3) is 0 Å². The van der Waals surface area contributed by atoms with Gasteiger partial charge in [0.1, 0.15) is 0 Å². The Balaban J connectivity index is 2.87. The van der Waals surface area contributed by atoms with Gasteiger partial charge >= 0.3 is 6.18 Å². The molecule has 1 atom stereocenters. The van der Waals surface area contributed by atoms with Crippen LogP contribution in [0.2, 0.25) is 0 Å². The van der Waals surface area contributed by atoms with E-state index in [9.17, 15) is 13.2 Å². The standard InChI is InChI=1S/C11H13BrF3N/c1-2-4-8(12)7-10-9(11(13,14)15)5-3-6-16-10/h3,5-6,8H,2,4,7H2,1H3. The quantitative estimate of drug-likeness (QED) is 0.759. The number of hydrogen-bond donors (Lipinski definition) is 0. The van der Waals surface area contributed by atoms with Gasteiger partial charge in [-0.25, -0.2) is 0 Å². The molecule has 0 bridgehead atoms. The van der Waals surface area contributed by atoms with Gasteiger partial charge in [-0.3, -0.25) is 4.98 Å². The fraction of sp³-hybridized carbons (Fsp3) is 0.545. The van der Waals surface area contributed by atoms with E-state index in [-0.39, 0.29) is 10.5 Å². The Hall–Kier alpha value is -0.580. The van der Waals surface area contributed by atoms with E-state index in [0.717, 1.165) is 18.9 Å². The molecule has 1 unspecified atom stereocenters. The molecule has 0 fully saturated rings.